The van der Waals surface area contributed by atoms with Crippen LogP contribution in [0.25, 0.3) is 0 Å². The summed E-state index contributed by atoms with van der Waals surface area (Å²) >= 11 is 0. The van der Waals surface area contributed by atoms with E-state index in [1.807, 2.05) is 0 Å². The Morgan fingerprint density at radius 3 is 2.20 bits per heavy atom. The first-order valence-electron chi connectivity index (χ1n) is 4.81. The van der Waals surface area contributed by atoms with Crippen LogP contribution < -0.4 is 10.4 Å². The van der Waals surface area contributed by atoms with E-state index in [1.165, 1.54) is 12.1 Å². The molecule has 0 aromatic heterocycles. The van der Waals surface area contributed by atoms with E-state index >= 15 is 0 Å². The lowest BCUT2D eigenvalue weighted by atomic mass is 10.1. The van der Waals surface area contributed by atoms with Crippen molar-refractivity contribution >= 4 is 12.0 Å². The number of hydrogen-bond acceptors (Lipinski definition) is 4. The molecule has 0 radical (unpaired) electrons. The monoisotopic (exact) mass is 216 g/mol. The maximum Gasteiger partial charge on any atom is 0.331 e. The van der Waals surface area contributed by atoms with Gasteiger partial charge in [0.1, 0.15) is 0 Å². The van der Waals surface area contributed by atoms with E-state index < -0.39 is 11.9 Å². The Bertz CT molecular complexity index is 231. The molecule has 1 atom stereocenters. The van der Waals surface area contributed by atoms with Gasteiger partial charge in [0.05, 0.1) is 0 Å². The van der Waals surface area contributed by atoms with E-state index in [-0.39, 0.29) is 12.6 Å². The molecule has 0 spiro atoms. The molecule has 0 saturated heterocycles. The first-order valence-corrected chi connectivity index (χ1v) is 4.81. The molecule has 0 heterocycles. The van der Waals surface area contributed by atoms with E-state index in [1.54, 1.807) is 26.0 Å². The average Bonchev–Trinajstić information content (AvgIpc) is 2.17. The fourth-order valence-corrected chi connectivity index (χ4v) is 1.14. The third kappa shape index (κ3) is 4.16. The van der Waals surface area contributed by atoms with Gasteiger partial charge in [0, 0.05) is 39.6 Å². The standard InChI is InChI=1S/C9H19N3O3/c1-5-7(8(13)14)6-12(11(3)4)9(15)10-2/h7H,5-6H2,1-4H3,(H,10,15)(H,13,14)/p-1. The minimum atomic E-state index is -1.13. The number of hydrogen-bond donors (Lipinski definition) is 1. The van der Waals surface area contributed by atoms with E-state index in [4.69, 9.17) is 0 Å². The first-order chi connectivity index (χ1) is 6.93. The van der Waals surface area contributed by atoms with Crippen molar-refractivity contribution in [2.24, 2.45) is 5.92 Å². The van der Waals surface area contributed by atoms with Gasteiger partial charge in [-0.25, -0.2) is 9.80 Å². The highest BCUT2D eigenvalue weighted by Crippen LogP contribution is 2.06. The van der Waals surface area contributed by atoms with Crippen LogP contribution in [-0.2, 0) is 4.79 Å². The lowest BCUT2D eigenvalue weighted by molar-refractivity contribution is -0.312. The molecule has 1 N–H and O–H groups in total. The van der Waals surface area contributed by atoms with Crippen LogP contribution in [0.5, 0.6) is 0 Å². The summed E-state index contributed by atoms with van der Waals surface area (Å²) < 4.78 is 0. The van der Waals surface area contributed by atoms with Gasteiger partial charge in [-0.2, -0.15) is 0 Å². The SMILES string of the molecule is CCC(CN(C(=O)NC)N(C)C)C(=O)[O-]. The van der Waals surface area contributed by atoms with Gasteiger partial charge in [-0.3, -0.25) is 5.01 Å². The molecule has 0 bridgehead atoms. The van der Waals surface area contributed by atoms with Gasteiger partial charge >= 0.3 is 6.03 Å². The predicted molar refractivity (Wildman–Crippen MR) is 53.6 cm³/mol. The number of carboxylic acid groups (broad SMARTS) is 1. The van der Waals surface area contributed by atoms with Crippen molar-refractivity contribution in [3.63, 3.8) is 0 Å². The highest BCUT2D eigenvalue weighted by atomic mass is 16.4. The molecule has 6 heteroatoms. The lowest BCUT2D eigenvalue weighted by Gasteiger charge is -2.31. The number of hydrazine groups is 1. The maximum atomic E-state index is 11.4. The van der Waals surface area contributed by atoms with E-state index in [0.717, 1.165) is 0 Å². The predicted octanol–water partition coefficient (Wildman–Crippen LogP) is -1.12. The molecule has 88 valence electrons. The molecule has 0 aromatic carbocycles. The number of carbonyl (C=O) groups is 2. The Morgan fingerprint density at radius 2 is 1.93 bits per heavy atom. The smallest absolute Gasteiger partial charge is 0.331 e. The minimum absolute atomic E-state index is 0.117. The molecule has 0 rings (SSSR count). The first kappa shape index (κ1) is 13.7. The zero-order valence-corrected chi connectivity index (χ0v) is 9.61. The van der Waals surface area contributed by atoms with Crippen LogP contribution in [0, 0.1) is 5.92 Å². The van der Waals surface area contributed by atoms with Crippen molar-refractivity contribution in [3.8, 4) is 0 Å². The Balaban J connectivity index is 4.52. The molecule has 0 aliphatic rings. The molecule has 1 unspecified atom stereocenters. The van der Waals surface area contributed by atoms with Crippen molar-refractivity contribution < 1.29 is 14.7 Å². The zero-order chi connectivity index (χ0) is 12.0. The Hall–Kier alpha value is -1.30. The van der Waals surface area contributed by atoms with Crippen LogP contribution >= 0.6 is 0 Å². The molecular formula is C9H18N3O3-. The number of nitrogens with one attached hydrogen (secondary N) is 1. The van der Waals surface area contributed by atoms with E-state index in [2.05, 4.69) is 5.32 Å². The van der Waals surface area contributed by atoms with Gasteiger partial charge in [-0.05, 0) is 6.42 Å². The number of amides is 2. The Morgan fingerprint density at radius 1 is 1.40 bits per heavy atom. The van der Waals surface area contributed by atoms with Crippen molar-refractivity contribution in [1.82, 2.24) is 15.3 Å². The molecule has 0 aliphatic heterocycles. The number of urea groups is 1. The van der Waals surface area contributed by atoms with Crippen molar-refractivity contribution in [3.05, 3.63) is 0 Å². The maximum absolute atomic E-state index is 11.4. The molecular weight excluding hydrogens is 198 g/mol. The molecule has 0 fully saturated rings. The van der Waals surface area contributed by atoms with Crippen molar-refractivity contribution in [2.45, 2.75) is 13.3 Å². The molecule has 0 aliphatic carbocycles. The minimum Gasteiger partial charge on any atom is -0.550 e. The van der Waals surface area contributed by atoms with Crippen LogP contribution in [0.15, 0.2) is 0 Å². The van der Waals surface area contributed by atoms with Gasteiger partial charge < -0.3 is 15.2 Å². The molecule has 0 saturated carbocycles. The second-order valence-corrected chi connectivity index (χ2v) is 3.41. The lowest BCUT2D eigenvalue weighted by Crippen LogP contribution is -2.51. The van der Waals surface area contributed by atoms with Gasteiger partial charge in [-0.1, -0.05) is 6.92 Å². The fraction of sp³-hybridized carbons (Fsp3) is 0.778. The van der Waals surface area contributed by atoms with Crippen LogP contribution in [0.4, 0.5) is 4.79 Å². The molecule has 15 heavy (non-hydrogen) atoms. The number of aliphatic carboxylic acids is 1. The average molecular weight is 216 g/mol. The van der Waals surface area contributed by atoms with Crippen molar-refractivity contribution in [2.75, 3.05) is 27.7 Å². The normalized spacial score (nSPS) is 12.3. The summed E-state index contributed by atoms with van der Waals surface area (Å²) in [5.74, 6) is -1.78. The second kappa shape index (κ2) is 6.23. The topological polar surface area (TPSA) is 75.7 Å². The van der Waals surface area contributed by atoms with Crippen LogP contribution in [0.3, 0.4) is 0 Å². The quantitative estimate of drug-likeness (QED) is 0.591. The largest absolute Gasteiger partial charge is 0.550 e. The van der Waals surface area contributed by atoms with E-state index in [9.17, 15) is 14.7 Å². The third-order valence-corrected chi connectivity index (χ3v) is 2.15. The molecule has 0 aromatic rings. The van der Waals surface area contributed by atoms with Gasteiger partial charge in [0.2, 0.25) is 0 Å². The summed E-state index contributed by atoms with van der Waals surface area (Å²) in [5, 5.41) is 16.0. The highest BCUT2D eigenvalue weighted by Gasteiger charge is 2.19. The van der Waals surface area contributed by atoms with Crippen molar-refractivity contribution in [1.29, 1.82) is 0 Å². The summed E-state index contributed by atoms with van der Waals surface area (Å²) in [6.07, 6.45) is 0.434. The molecule has 6 nitrogen and oxygen atoms in total. The summed E-state index contributed by atoms with van der Waals surface area (Å²) in [6.45, 7) is 1.86. The fourth-order valence-electron chi connectivity index (χ4n) is 1.14. The summed E-state index contributed by atoms with van der Waals surface area (Å²) in [5.41, 5.74) is 0. The highest BCUT2D eigenvalue weighted by molar-refractivity contribution is 5.74. The summed E-state index contributed by atoms with van der Waals surface area (Å²) in [6, 6.07) is -0.334. The Labute approximate surface area is 89.8 Å². The Kier molecular flexibility index (Phi) is 5.69. The van der Waals surface area contributed by atoms with Gasteiger partial charge in [0.15, 0.2) is 0 Å². The third-order valence-electron chi connectivity index (χ3n) is 2.15. The second-order valence-electron chi connectivity index (χ2n) is 3.41. The van der Waals surface area contributed by atoms with Crippen LogP contribution in [-0.4, -0.2) is 49.7 Å². The van der Waals surface area contributed by atoms with Crippen LogP contribution in [0.2, 0.25) is 0 Å². The van der Waals surface area contributed by atoms with E-state index in [0.29, 0.717) is 6.42 Å². The number of nitrogens with zero attached hydrogens (tertiary/aromatic N) is 2. The number of carboxylic acids is 1. The molecule has 2 amide bonds. The van der Waals surface area contributed by atoms with Gasteiger partial charge in [0.25, 0.3) is 0 Å². The summed E-state index contributed by atoms with van der Waals surface area (Å²) in [4.78, 5) is 22.1. The van der Waals surface area contributed by atoms with Gasteiger partial charge in [-0.15, -0.1) is 0 Å². The van der Waals surface area contributed by atoms with Crippen LogP contribution in [0.1, 0.15) is 13.3 Å². The zero-order valence-electron chi connectivity index (χ0n) is 9.61. The number of carbonyl (C=O) groups excluding carboxylic acids is 2. The number of rotatable bonds is 5. The summed E-state index contributed by atoms with van der Waals surface area (Å²) in [7, 11) is 4.85.